The van der Waals surface area contributed by atoms with E-state index < -0.39 is 10.0 Å². The highest BCUT2D eigenvalue weighted by atomic mass is 32.2. The molecule has 0 aliphatic carbocycles. The van der Waals surface area contributed by atoms with Gasteiger partial charge in [-0.1, -0.05) is 25.1 Å². The number of hydrogen-bond acceptors (Lipinski definition) is 5. The first kappa shape index (κ1) is 17.4. The van der Waals surface area contributed by atoms with Crippen LogP contribution in [0.1, 0.15) is 30.5 Å². The molecule has 2 rings (SSSR count). The topological polar surface area (TPSA) is 94.3 Å². The standard InChI is InChI=1S/C16H21N3O3S/c1-3-15(12-6-4-8-14(10-12)23(17,20)21)19-11-13-7-5-9-18-16(13)22-2/h4-10,15,19H,3,11H2,1-2H3,(H2,17,20,21). The first-order valence-electron chi connectivity index (χ1n) is 7.29. The van der Waals surface area contributed by atoms with Crippen LogP contribution in [0.15, 0.2) is 47.5 Å². The van der Waals surface area contributed by atoms with Crippen LogP contribution in [0, 0.1) is 0 Å². The summed E-state index contributed by atoms with van der Waals surface area (Å²) >= 11 is 0. The van der Waals surface area contributed by atoms with E-state index in [0.29, 0.717) is 12.4 Å². The zero-order valence-corrected chi connectivity index (χ0v) is 14.0. The molecule has 0 fully saturated rings. The normalized spacial score (nSPS) is 12.8. The molecule has 0 saturated carbocycles. The number of benzene rings is 1. The zero-order chi connectivity index (χ0) is 16.9. The third-order valence-electron chi connectivity index (χ3n) is 3.58. The lowest BCUT2D eigenvalue weighted by molar-refractivity contribution is 0.388. The molecule has 23 heavy (non-hydrogen) atoms. The Morgan fingerprint density at radius 3 is 2.74 bits per heavy atom. The Hall–Kier alpha value is -1.96. The number of sulfonamides is 1. The highest BCUT2D eigenvalue weighted by Crippen LogP contribution is 2.21. The summed E-state index contributed by atoms with van der Waals surface area (Å²) in [6.45, 7) is 2.59. The van der Waals surface area contributed by atoms with Gasteiger partial charge in [0.25, 0.3) is 0 Å². The van der Waals surface area contributed by atoms with Crippen molar-refractivity contribution >= 4 is 10.0 Å². The van der Waals surface area contributed by atoms with Crippen LogP contribution < -0.4 is 15.2 Å². The first-order chi connectivity index (χ1) is 11.0. The number of nitrogens with zero attached hydrogens (tertiary/aromatic N) is 1. The molecule has 6 nitrogen and oxygen atoms in total. The number of nitrogens with one attached hydrogen (secondary N) is 1. The van der Waals surface area contributed by atoms with Gasteiger partial charge in [0, 0.05) is 24.3 Å². The van der Waals surface area contributed by atoms with Crippen molar-refractivity contribution in [1.82, 2.24) is 10.3 Å². The minimum atomic E-state index is -3.70. The van der Waals surface area contributed by atoms with Crippen molar-refractivity contribution < 1.29 is 13.2 Å². The highest BCUT2D eigenvalue weighted by Gasteiger charge is 2.14. The second kappa shape index (κ2) is 7.54. The van der Waals surface area contributed by atoms with E-state index in [1.165, 1.54) is 6.07 Å². The van der Waals surface area contributed by atoms with Gasteiger partial charge in [-0.05, 0) is 30.2 Å². The van der Waals surface area contributed by atoms with Gasteiger partial charge in [0.05, 0.1) is 12.0 Å². The van der Waals surface area contributed by atoms with E-state index in [2.05, 4.69) is 10.3 Å². The van der Waals surface area contributed by atoms with E-state index in [-0.39, 0.29) is 10.9 Å². The molecule has 1 heterocycles. The molecule has 3 N–H and O–H groups in total. The minimum Gasteiger partial charge on any atom is -0.481 e. The SMILES string of the molecule is CCC(NCc1cccnc1OC)c1cccc(S(N)(=O)=O)c1. The van der Waals surface area contributed by atoms with Crippen molar-refractivity contribution in [1.29, 1.82) is 0 Å². The van der Waals surface area contributed by atoms with Crippen LogP contribution in [0.25, 0.3) is 0 Å². The molecule has 1 atom stereocenters. The molecule has 1 aromatic carbocycles. The number of ether oxygens (including phenoxy) is 1. The van der Waals surface area contributed by atoms with E-state index in [1.807, 2.05) is 25.1 Å². The van der Waals surface area contributed by atoms with E-state index in [0.717, 1.165) is 17.5 Å². The molecule has 0 spiro atoms. The maximum Gasteiger partial charge on any atom is 0.238 e. The van der Waals surface area contributed by atoms with Gasteiger partial charge < -0.3 is 10.1 Å². The number of primary sulfonamides is 1. The smallest absolute Gasteiger partial charge is 0.238 e. The average Bonchev–Trinajstić information content (AvgIpc) is 2.55. The van der Waals surface area contributed by atoms with E-state index in [9.17, 15) is 8.42 Å². The predicted octanol–water partition coefficient (Wildman–Crippen LogP) is 1.98. The van der Waals surface area contributed by atoms with E-state index in [4.69, 9.17) is 9.88 Å². The molecule has 7 heteroatoms. The summed E-state index contributed by atoms with van der Waals surface area (Å²) in [5, 5.41) is 8.60. The monoisotopic (exact) mass is 335 g/mol. The van der Waals surface area contributed by atoms with Crippen molar-refractivity contribution in [2.75, 3.05) is 7.11 Å². The number of aromatic nitrogens is 1. The Morgan fingerprint density at radius 2 is 2.09 bits per heavy atom. The fraction of sp³-hybridized carbons (Fsp3) is 0.312. The molecular formula is C16H21N3O3S. The molecular weight excluding hydrogens is 314 g/mol. The summed E-state index contributed by atoms with van der Waals surface area (Å²) < 4.78 is 28.2. The van der Waals surface area contributed by atoms with Crippen molar-refractivity contribution in [3.63, 3.8) is 0 Å². The summed E-state index contributed by atoms with van der Waals surface area (Å²) in [7, 11) is -2.12. The number of hydrogen-bond donors (Lipinski definition) is 2. The Bertz CT molecular complexity index is 763. The van der Waals surface area contributed by atoms with Gasteiger partial charge in [-0.3, -0.25) is 0 Å². The third-order valence-corrected chi connectivity index (χ3v) is 4.49. The van der Waals surface area contributed by atoms with Gasteiger partial charge in [-0.25, -0.2) is 18.5 Å². The van der Waals surface area contributed by atoms with Gasteiger partial charge >= 0.3 is 0 Å². The second-order valence-corrected chi connectivity index (χ2v) is 6.69. The summed E-state index contributed by atoms with van der Waals surface area (Å²) in [4.78, 5) is 4.28. The quantitative estimate of drug-likeness (QED) is 0.807. The van der Waals surface area contributed by atoms with Gasteiger partial charge in [-0.2, -0.15) is 0 Å². The molecule has 1 aromatic heterocycles. The minimum absolute atomic E-state index is 0.00149. The van der Waals surface area contributed by atoms with Crippen LogP contribution in [0.3, 0.4) is 0 Å². The molecule has 0 saturated heterocycles. The number of methoxy groups -OCH3 is 1. The molecule has 0 aliphatic heterocycles. The number of nitrogens with two attached hydrogens (primary N) is 1. The lowest BCUT2D eigenvalue weighted by atomic mass is 10.0. The molecule has 0 aliphatic rings. The Kier molecular flexibility index (Phi) is 5.70. The van der Waals surface area contributed by atoms with E-state index >= 15 is 0 Å². The maximum atomic E-state index is 11.5. The van der Waals surface area contributed by atoms with Crippen LogP contribution in [0.5, 0.6) is 5.88 Å². The largest absolute Gasteiger partial charge is 0.481 e. The summed E-state index contributed by atoms with van der Waals surface area (Å²) in [5.74, 6) is 0.577. The van der Waals surface area contributed by atoms with Gasteiger partial charge in [0.2, 0.25) is 15.9 Å². The van der Waals surface area contributed by atoms with Gasteiger partial charge in [-0.15, -0.1) is 0 Å². The van der Waals surface area contributed by atoms with Crippen molar-refractivity contribution in [2.45, 2.75) is 30.8 Å². The maximum absolute atomic E-state index is 11.5. The molecule has 124 valence electrons. The fourth-order valence-corrected chi connectivity index (χ4v) is 2.95. The second-order valence-electron chi connectivity index (χ2n) is 5.13. The number of pyridine rings is 1. The lowest BCUT2D eigenvalue weighted by Crippen LogP contribution is -2.21. The zero-order valence-electron chi connectivity index (χ0n) is 13.2. The van der Waals surface area contributed by atoms with Gasteiger partial charge in [0.15, 0.2) is 0 Å². The van der Waals surface area contributed by atoms with Gasteiger partial charge in [0.1, 0.15) is 0 Å². The van der Waals surface area contributed by atoms with Crippen LogP contribution >= 0.6 is 0 Å². The van der Waals surface area contributed by atoms with E-state index in [1.54, 1.807) is 25.4 Å². The molecule has 0 radical (unpaired) electrons. The average molecular weight is 335 g/mol. The fourth-order valence-electron chi connectivity index (χ4n) is 2.38. The molecule has 1 unspecified atom stereocenters. The third kappa shape index (κ3) is 4.51. The number of rotatable bonds is 7. The van der Waals surface area contributed by atoms with Crippen LogP contribution in [0.4, 0.5) is 0 Å². The van der Waals surface area contributed by atoms with Crippen molar-refractivity contribution in [3.8, 4) is 5.88 Å². The highest BCUT2D eigenvalue weighted by molar-refractivity contribution is 7.89. The Balaban J connectivity index is 2.17. The first-order valence-corrected chi connectivity index (χ1v) is 8.84. The summed E-state index contributed by atoms with van der Waals surface area (Å²) in [5.41, 5.74) is 1.82. The summed E-state index contributed by atoms with van der Waals surface area (Å²) in [6, 6.07) is 10.5. The lowest BCUT2D eigenvalue weighted by Gasteiger charge is -2.18. The summed E-state index contributed by atoms with van der Waals surface area (Å²) in [6.07, 6.45) is 2.48. The van der Waals surface area contributed by atoms with Crippen LogP contribution in [-0.2, 0) is 16.6 Å². The Morgan fingerprint density at radius 1 is 1.30 bits per heavy atom. The van der Waals surface area contributed by atoms with Crippen molar-refractivity contribution in [3.05, 3.63) is 53.7 Å². The molecule has 2 aromatic rings. The molecule has 0 bridgehead atoms. The van der Waals surface area contributed by atoms with Crippen LogP contribution in [0.2, 0.25) is 0 Å². The molecule has 0 amide bonds. The van der Waals surface area contributed by atoms with Crippen LogP contribution in [-0.4, -0.2) is 20.5 Å². The predicted molar refractivity (Wildman–Crippen MR) is 88.5 cm³/mol. The Labute approximate surface area is 136 Å². The van der Waals surface area contributed by atoms with Crippen molar-refractivity contribution in [2.24, 2.45) is 5.14 Å².